The minimum absolute atomic E-state index is 0. The van der Waals surface area contributed by atoms with Crippen molar-refractivity contribution in [2.24, 2.45) is 0 Å². The predicted octanol–water partition coefficient (Wildman–Crippen LogP) is -2.32. The van der Waals surface area contributed by atoms with Crippen molar-refractivity contribution >= 4 is 0 Å². The molecular formula is C6H9ClN2OZn. The van der Waals surface area contributed by atoms with Crippen molar-refractivity contribution in [2.45, 2.75) is 13.7 Å². The Morgan fingerprint density at radius 1 is 1.64 bits per heavy atom. The third-order valence-corrected chi connectivity index (χ3v) is 0.942. The number of ether oxygens (including phenoxy) is 1. The number of halogens is 1. The van der Waals surface area contributed by atoms with E-state index in [9.17, 15) is 0 Å². The number of rotatable bonds is 3. The summed E-state index contributed by atoms with van der Waals surface area (Å²) >= 11 is 0. The third-order valence-electron chi connectivity index (χ3n) is 0.942. The number of imidazole rings is 1. The van der Waals surface area contributed by atoms with Crippen molar-refractivity contribution in [1.82, 2.24) is 9.55 Å². The fourth-order valence-electron chi connectivity index (χ4n) is 0.516. The second kappa shape index (κ2) is 8.18. The van der Waals surface area contributed by atoms with E-state index in [-0.39, 0.29) is 31.9 Å². The summed E-state index contributed by atoms with van der Waals surface area (Å²) < 4.78 is 6.82. The van der Waals surface area contributed by atoms with Crippen LogP contribution >= 0.6 is 0 Å². The molecule has 0 atom stereocenters. The van der Waals surface area contributed by atoms with Crippen LogP contribution in [0.15, 0.2) is 12.4 Å². The molecule has 0 radical (unpaired) electrons. The molecule has 0 fully saturated rings. The van der Waals surface area contributed by atoms with Crippen molar-refractivity contribution in [1.29, 1.82) is 0 Å². The molecule has 1 heterocycles. The van der Waals surface area contributed by atoms with Gasteiger partial charge in [-0.1, -0.05) is 0 Å². The average molecular weight is 226 g/mol. The molecule has 3 nitrogen and oxygen atoms in total. The van der Waals surface area contributed by atoms with Gasteiger partial charge in [-0.15, -0.1) is 12.4 Å². The van der Waals surface area contributed by atoms with Crippen LogP contribution in [0.2, 0.25) is 0 Å². The Hall–Kier alpha value is 0.0834. The van der Waals surface area contributed by atoms with E-state index in [2.05, 4.69) is 11.3 Å². The molecule has 0 N–H and O–H groups in total. The van der Waals surface area contributed by atoms with Crippen LogP contribution in [0, 0.1) is 6.33 Å². The maximum absolute atomic E-state index is 5.07. The first-order valence-corrected chi connectivity index (χ1v) is 2.90. The van der Waals surface area contributed by atoms with Gasteiger partial charge >= 0.3 is 19.5 Å². The van der Waals surface area contributed by atoms with E-state index >= 15 is 0 Å². The van der Waals surface area contributed by atoms with Crippen molar-refractivity contribution in [2.75, 3.05) is 6.61 Å². The standard InChI is InChI=1S/C6H9N2O.ClH.Zn/c1-2-9-6-8-4-3-7-5-8;;/h3-4H,2,6H2,1H3;1H;/q-1;;+2/p-1. The molecule has 0 bridgehead atoms. The Balaban J connectivity index is 0. The Kier molecular flexibility index (Phi) is 10.2. The number of aromatic nitrogens is 2. The Bertz CT molecular complexity index is 158. The molecule has 0 aromatic carbocycles. The molecule has 0 spiro atoms. The minimum atomic E-state index is 0. The zero-order chi connectivity index (χ0) is 6.53. The van der Waals surface area contributed by atoms with Crippen LogP contribution in [0.1, 0.15) is 6.92 Å². The monoisotopic (exact) mass is 224 g/mol. The number of hydrogen-bond donors (Lipinski definition) is 0. The molecule has 1 rings (SSSR count). The summed E-state index contributed by atoms with van der Waals surface area (Å²) in [5.41, 5.74) is 0. The molecule has 0 aliphatic heterocycles. The second-order valence-corrected chi connectivity index (χ2v) is 1.62. The smallest absolute Gasteiger partial charge is 1.00 e. The van der Waals surface area contributed by atoms with E-state index in [4.69, 9.17) is 4.74 Å². The van der Waals surface area contributed by atoms with Gasteiger partial charge in [0.25, 0.3) is 0 Å². The Labute approximate surface area is 85.3 Å². The zero-order valence-electron chi connectivity index (χ0n) is 6.46. The van der Waals surface area contributed by atoms with E-state index in [0.717, 1.165) is 6.61 Å². The van der Waals surface area contributed by atoms with Gasteiger partial charge in [0.15, 0.2) is 0 Å². The van der Waals surface area contributed by atoms with E-state index in [1.165, 1.54) is 0 Å². The van der Waals surface area contributed by atoms with Gasteiger partial charge in [-0.25, -0.2) is 0 Å². The molecule has 0 aliphatic carbocycles. The quantitative estimate of drug-likeness (QED) is 0.427. The first kappa shape index (κ1) is 13.7. The summed E-state index contributed by atoms with van der Waals surface area (Å²) in [5.74, 6) is 0. The second-order valence-electron chi connectivity index (χ2n) is 1.62. The molecule has 5 heteroatoms. The van der Waals surface area contributed by atoms with Gasteiger partial charge in [0.2, 0.25) is 0 Å². The molecule has 0 amide bonds. The molecule has 1 aromatic rings. The predicted molar refractivity (Wildman–Crippen MR) is 32.7 cm³/mol. The molecule has 0 saturated carbocycles. The Morgan fingerprint density at radius 2 is 2.36 bits per heavy atom. The van der Waals surface area contributed by atoms with Crippen LogP contribution in [-0.4, -0.2) is 16.2 Å². The van der Waals surface area contributed by atoms with Crippen molar-refractivity contribution in [3.8, 4) is 0 Å². The van der Waals surface area contributed by atoms with Crippen molar-refractivity contribution in [3.05, 3.63) is 18.7 Å². The normalized spacial score (nSPS) is 8.09. The average Bonchev–Trinajstić information content (AvgIpc) is 2.34. The van der Waals surface area contributed by atoms with Crippen LogP contribution in [0.3, 0.4) is 0 Å². The van der Waals surface area contributed by atoms with Crippen LogP contribution in [-0.2, 0) is 30.9 Å². The van der Waals surface area contributed by atoms with Gasteiger partial charge in [0.1, 0.15) is 6.73 Å². The van der Waals surface area contributed by atoms with Gasteiger partial charge in [-0.05, 0) is 6.92 Å². The number of hydrogen-bond acceptors (Lipinski definition) is 2. The molecule has 1 aromatic heterocycles. The SMILES string of the molecule is CCOCn1[c-]ncc1.[Cl-].[Zn+2]. The summed E-state index contributed by atoms with van der Waals surface area (Å²) in [7, 11) is 0. The fraction of sp³-hybridized carbons (Fsp3) is 0.500. The van der Waals surface area contributed by atoms with Gasteiger partial charge in [-0.3, -0.25) is 0 Å². The summed E-state index contributed by atoms with van der Waals surface area (Å²) in [5, 5.41) is 0. The first-order chi connectivity index (χ1) is 4.43. The van der Waals surface area contributed by atoms with Gasteiger partial charge in [0.05, 0.1) is 0 Å². The summed E-state index contributed by atoms with van der Waals surface area (Å²) in [6.45, 7) is 3.24. The molecule has 0 unspecified atom stereocenters. The zero-order valence-corrected chi connectivity index (χ0v) is 10.2. The summed E-state index contributed by atoms with van der Waals surface area (Å²) in [6.07, 6.45) is 6.21. The summed E-state index contributed by atoms with van der Waals surface area (Å²) in [6, 6.07) is 0. The van der Waals surface area contributed by atoms with Crippen LogP contribution in [0.25, 0.3) is 0 Å². The molecule has 11 heavy (non-hydrogen) atoms. The largest absolute Gasteiger partial charge is 2.00 e. The maximum atomic E-state index is 5.07. The fourth-order valence-corrected chi connectivity index (χ4v) is 0.516. The first-order valence-electron chi connectivity index (χ1n) is 2.90. The Morgan fingerprint density at radius 3 is 2.82 bits per heavy atom. The molecule has 58 valence electrons. The minimum Gasteiger partial charge on any atom is -1.00 e. The molecular weight excluding hydrogens is 217 g/mol. The van der Waals surface area contributed by atoms with E-state index in [1.54, 1.807) is 10.8 Å². The molecule has 0 saturated heterocycles. The van der Waals surface area contributed by atoms with Gasteiger partial charge in [0, 0.05) is 12.9 Å². The van der Waals surface area contributed by atoms with E-state index in [0.29, 0.717) is 6.73 Å². The number of nitrogens with zero attached hydrogens (tertiary/aromatic N) is 2. The van der Waals surface area contributed by atoms with Crippen LogP contribution < -0.4 is 12.4 Å². The van der Waals surface area contributed by atoms with Crippen LogP contribution in [0.4, 0.5) is 0 Å². The molecule has 0 aliphatic rings. The van der Waals surface area contributed by atoms with Gasteiger partial charge < -0.3 is 26.7 Å². The van der Waals surface area contributed by atoms with Crippen molar-refractivity contribution < 1.29 is 36.6 Å². The topological polar surface area (TPSA) is 27.1 Å². The van der Waals surface area contributed by atoms with Crippen molar-refractivity contribution in [3.63, 3.8) is 0 Å². The maximum Gasteiger partial charge on any atom is 2.00 e. The van der Waals surface area contributed by atoms with Crippen LogP contribution in [0.5, 0.6) is 0 Å². The summed E-state index contributed by atoms with van der Waals surface area (Å²) in [4.78, 5) is 3.73. The van der Waals surface area contributed by atoms with E-state index in [1.807, 2.05) is 13.1 Å². The van der Waals surface area contributed by atoms with Gasteiger partial charge in [-0.2, -0.15) is 0 Å². The van der Waals surface area contributed by atoms with E-state index < -0.39 is 0 Å². The third kappa shape index (κ3) is 5.36.